The van der Waals surface area contributed by atoms with E-state index in [1.54, 1.807) is 7.11 Å². The number of benzene rings is 2. The highest BCUT2D eigenvalue weighted by atomic mass is 19.1. The number of nitrogens with one attached hydrogen (secondary N) is 1. The molecule has 0 fully saturated rings. The number of likely N-dealkylation sites (N-methyl/N-ethyl adjacent to an activating group) is 1. The van der Waals surface area contributed by atoms with Gasteiger partial charge in [-0.2, -0.15) is 0 Å². The Morgan fingerprint density at radius 3 is 2.54 bits per heavy atom. The van der Waals surface area contributed by atoms with Crippen LogP contribution in [0.2, 0.25) is 0 Å². The molecule has 4 nitrogen and oxygen atoms in total. The molecule has 2 aromatic carbocycles. The number of ether oxygens (including phenoxy) is 2. The van der Waals surface area contributed by atoms with Crippen molar-refractivity contribution in [3.8, 4) is 11.5 Å². The molecule has 1 N–H and O–H groups in total. The van der Waals surface area contributed by atoms with Crippen molar-refractivity contribution in [1.29, 1.82) is 0 Å². The van der Waals surface area contributed by atoms with E-state index in [2.05, 4.69) is 24.1 Å². The van der Waals surface area contributed by atoms with Crippen molar-refractivity contribution in [3.63, 3.8) is 0 Å². The summed E-state index contributed by atoms with van der Waals surface area (Å²) in [5.74, 6) is 0.195. The fourth-order valence-electron chi connectivity index (χ4n) is 3.67. The molecule has 0 aromatic heterocycles. The molecule has 0 bridgehead atoms. The van der Waals surface area contributed by atoms with Crippen LogP contribution in [0.1, 0.15) is 36.6 Å². The number of nitrogens with zero attached hydrogens (tertiary/aromatic N) is 1. The summed E-state index contributed by atoms with van der Waals surface area (Å²) in [7, 11) is 1.62. The van der Waals surface area contributed by atoms with Crippen LogP contribution in [0.3, 0.4) is 0 Å². The summed E-state index contributed by atoms with van der Waals surface area (Å²) < 4.78 is 39.3. The maximum Gasteiger partial charge on any atom is 0.161 e. The molecule has 3 rings (SSSR count). The fraction of sp³-hybridized carbons (Fsp3) is 0.455. The summed E-state index contributed by atoms with van der Waals surface area (Å²) in [6.07, 6.45) is 0.810. The molecule has 6 heteroatoms. The molecule has 0 amide bonds. The Balaban J connectivity index is 1.89. The lowest BCUT2D eigenvalue weighted by molar-refractivity contribution is 0.217. The minimum absolute atomic E-state index is 0.347. The van der Waals surface area contributed by atoms with Gasteiger partial charge in [0.2, 0.25) is 0 Å². The number of fused-ring (bicyclic) bond motifs is 1. The molecule has 2 aromatic rings. The second-order valence-corrected chi connectivity index (χ2v) is 6.88. The predicted molar refractivity (Wildman–Crippen MR) is 106 cm³/mol. The first-order valence-electron chi connectivity index (χ1n) is 9.81. The number of methoxy groups -OCH3 is 1. The van der Waals surface area contributed by atoms with Gasteiger partial charge in [-0.15, -0.1) is 0 Å². The van der Waals surface area contributed by atoms with Gasteiger partial charge in [0.15, 0.2) is 11.5 Å². The molecule has 0 spiro atoms. The first kappa shape index (κ1) is 20.6. The van der Waals surface area contributed by atoms with Crippen LogP contribution in [-0.4, -0.2) is 44.8 Å². The first-order chi connectivity index (χ1) is 13.6. The summed E-state index contributed by atoms with van der Waals surface area (Å²) in [5, 5.41) is 3.34. The third kappa shape index (κ3) is 4.45. The molecule has 152 valence electrons. The van der Waals surface area contributed by atoms with Gasteiger partial charge in [-0.3, -0.25) is 0 Å². The zero-order chi connectivity index (χ0) is 20.1. The third-order valence-corrected chi connectivity index (χ3v) is 5.31. The van der Waals surface area contributed by atoms with Gasteiger partial charge < -0.3 is 19.7 Å². The minimum Gasteiger partial charge on any atom is -0.493 e. The Bertz CT molecular complexity index is 809. The number of halogens is 2. The average molecular weight is 390 g/mol. The standard InChI is InChI=1S/C22H28F2N2O2/c1-4-26(5-2)10-11-28-21-14-18-15(12-20(21)27-3)8-9-25-22(18)17-7-6-16(23)13-19(17)24/h6-7,12-14,22,25H,4-5,8-11H2,1-3H3. The zero-order valence-corrected chi connectivity index (χ0v) is 16.7. The second-order valence-electron chi connectivity index (χ2n) is 6.88. The largest absolute Gasteiger partial charge is 0.493 e. The van der Waals surface area contributed by atoms with Gasteiger partial charge in [0, 0.05) is 24.7 Å². The Labute approximate surface area is 165 Å². The minimum atomic E-state index is -0.576. The molecule has 1 aliphatic heterocycles. The molecular weight excluding hydrogens is 362 g/mol. The highest BCUT2D eigenvalue weighted by Crippen LogP contribution is 2.38. The maximum atomic E-state index is 14.4. The number of hydrogen-bond donors (Lipinski definition) is 1. The smallest absolute Gasteiger partial charge is 0.161 e. The van der Waals surface area contributed by atoms with E-state index in [1.807, 2.05) is 12.1 Å². The van der Waals surface area contributed by atoms with E-state index in [0.29, 0.717) is 30.2 Å². The molecule has 1 unspecified atom stereocenters. The molecular formula is C22H28F2N2O2. The van der Waals surface area contributed by atoms with Crippen molar-refractivity contribution >= 4 is 0 Å². The van der Waals surface area contributed by atoms with E-state index in [9.17, 15) is 8.78 Å². The zero-order valence-electron chi connectivity index (χ0n) is 16.7. The van der Waals surface area contributed by atoms with Crippen LogP contribution in [0.5, 0.6) is 11.5 Å². The molecule has 0 aliphatic carbocycles. The Morgan fingerprint density at radius 2 is 1.86 bits per heavy atom. The Morgan fingerprint density at radius 1 is 1.07 bits per heavy atom. The third-order valence-electron chi connectivity index (χ3n) is 5.31. The lowest BCUT2D eigenvalue weighted by Crippen LogP contribution is -2.31. The molecule has 0 saturated heterocycles. The summed E-state index contributed by atoms with van der Waals surface area (Å²) in [4.78, 5) is 2.28. The van der Waals surface area contributed by atoms with E-state index in [4.69, 9.17) is 9.47 Å². The van der Waals surface area contributed by atoms with Crippen LogP contribution in [0.4, 0.5) is 8.78 Å². The van der Waals surface area contributed by atoms with E-state index in [0.717, 1.165) is 43.2 Å². The van der Waals surface area contributed by atoms with Crippen molar-refractivity contribution in [3.05, 3.63) is 58.7 Å². The topological polar surface area (TPSA) is 33.7 Å². The summed E-state index contributed by atoms with van der Waals surface area (Å²) in [6, 6.07) is 7.27. The molecule has 28 heavy (non-hydrogen) atoms. The Hall–Kier alpha value is -2.18. The monoisotopic (exact) mass is 390 g/mol. The normalized spacial score (nSPS) is 16.1. The van der Waals surface area contributed by atoms with Crippen molar-refractivity contribution in [1.82, 2.24) is 10.2 Å². The van der Waals surface area contributed by atoms with Crippen molar-refractivity contribution < 1.29 is 18.3 Å². The molecule has 1 aliphatic rings. The van der Waals surface area contributed by atoms with Crippen molar-refractivity contribution in [2.24, 2.45) is 0 Å². The van der Waals surface area contributed by atoms with Gasteiger partial charge >= 0.3 is 0 Å². The SMILES string of the molecule is CCN(CC)CCOc1cc2c(cc1OC)CCNC2c1ccc(F)cc1F. The average Bonchev–Trinajstić information content (AvgIpc) is 2.70. The Kier molecular flexibility index (Phi) is 6.86. The van der Waals surface area contributed by atoms with E-state index >= 15 is 0 Å². The van der Waals surface area contributed by atoms with Crippen molar-refractivity contribution in [2.45, 2.75) is 26.3 Å². The van der Waals surface area contributed by atoms with Crippen LogP contribution < -0.4 is 14.8 Å². The number of rotatable bonds is 8. The van der Waals surface area contributed by atoms with E-state index in [-0.39, 0.29) is 6.04 Å². The van der Waals surface area contributed by atoms with E-state index in [1.165, 1.54) is 12.1 Å². The van der Waals surface area contributed by atoms with Gasteiger partial charge in [-0.1, -0.05) is 19.9 Å². The van der Waals surface area contributed by atoms with E-state index < -0.39 is 11.6 Å². The lowest BCUT2D eigenvalue weighted by Gasteiger charge is -2.29. The van der Waals surface area contributed by atoms with Crippen LogP contribution in [0, 0.1) is 11.6 Å². The molecule has 0 saturated carbocycles. The summed E-state index contributed by atoms with van der Waals surface area (Å²) in [6.45, 7) is 8.25. The quantitative estimate of drug-likeness (QED) is 0.741. The first-order valence-corrected chi connectivity index (χ1v) is 9.81. The molecule has 0 radical (unpaired) electrons. The number of hydrogen-bond acceptors (Lipinski definition) is 4. The summed E-state index contributed by atoms with van der Waals surface area (Å²) in [5.41, 5.74) is 2.46. The van der Waals surface area contributed by atoms with Gasteiger partial charge in [0.25, 0.3) is 0 Å². The van der Waals surface area contributed by atoms with Gasteiger partial charge in [-0.25, -0.2) is 8.78 Å². The van der Waals surface area contributed by atoms with Gasteiger partial charge in [-0.05, 0) is 48.8 Å². The fourth-order valence-corrected chi connectivity index (χ4v) is 3.67. The van der Waals surface area contributed by atoms with Gasteiger partial charge in [0.05, 0.1) is 13.2 Å². The highest BCUT2D eigenvalue weighted by molar-refractivity contribution is 5.51. The van der Waals surface area contributed by atoms with Crippen LogP contribution in [0.15, 0.2) is 30.3 Å². The molecule has 1 atom stereocenters. The van der Waals surface area contributed by atoms with Crippen LogP contribution >= 0.6 is 0 Å². The predicted octanol–water partition coefficient (Wildman–Crippen LogP) is 3.93. The van der Waals surface area contributed by atoms with Crippen LogP contribution in [-0.2, 0) is 6.42 Å². The second kappa shape index (κ2) is 9.34. The molecule has 1 heterocycles. The summed E-state index contributed by atoms with van der Waals surface area (Å²) >= 11 is 0. The maximum absolute atomic E-state index is 14.4. The van der Waals surface area contributed by atoms with Gasteiger partial charge in [0.1, 0.15) is 18.2 Å². The van der Waals surface area contributed by atoms with Crippen molar-refractivity contribution in [2.75, 3.05) is 39.9 Å². The van der Waals surface area contributed by atoms with Crippen LogP contribution in [0.25, 0.3) is 0 Å². The lowest BCUT2D eigenvalue weighted by atomic mass is 9.89. The highest BCUT2D eigenvalue weighted by Gasteiger charge is 2.26.